The van der Waals surface area contributed by atoms with Gasteiger partial charge in [0, 0.05) is 18.1 Å². The molecule has 0 aliphatic carbocycles. The van der Waals surface area contributed by atoms with Gasteiger partial charge >= 0.3 is 5.97 Å². The summed E-state index contributed by atoms with van der Waals surface area (Å²) < 4.78 is 32.1. The van der Waals surface area contributed by atoms with E-state index in [9.17, 15) is 13.2 Å². The summed E-state index contributed by atoms with van der Waals surface area (Å²) in [5, 5.41) is 0.488. The van der Waals surface area contributed by atoms with Crippen molar-refractivity contribution in [3.05, 3.63) is 71.3 Å². The Morgan fingerprint density at radius 1 is 1.07 bits per heavy atom. The molecule has 1 fully saturated rings. The van der Waals surface area contributed by atoms with Gasteiger partial charge in [0.1, 0.15) is 6.61 Å². The fourth-order valence-electron chi connectivity index (χ4n) is 3.08. The number of hydrogen-bond acceptors (Lipinski definition) is 4. The number of esters is 1. The van der Waals surface area contributed by atoms with E-state index in [4.69, 9.17) is 16.3 Å². The Hall–Kier alpha value is -2.15. The Morgan fingerprint density at radius 2 is 1.71 bits per heavy atom. The van der Waals surface area contributed by atoms with E-state index in [2.05, 4.69) is 0 Å². The van der Waals surface area contributed by atoms with Crippen molar-refractivity contribution in [3.63, 3.8) is 0 Å². The number of halogens is 1. The van der Waals surface area contributed by atoms with Crippen LogP contribution in [0.4, 0.5) is 0 Å². The predicted octanol–water partition coefficient (Wildman–Crippen LogP) is 4.00. The summed E-state index contributed by atoms with van der Waals surface area (Å²) in [6.07, 6.45) is 4.60. The first kappa shape index (κ1) is 20.6. The summed E-state index contributed by atoms with van der Waals surface area (Å²) in [4.78, 5) is 12.4. The van der Waals surface area contributed by atoms with Crippen LogP contribution in [0.2, 0.25) is 5.02 Å². The lowest BCUT2D eigenvalue weighted by molar-refractivity contribution is -0.148. The standard InChI is InChI=1S/C21H22ClNO4S/c22-19-8-10-20(11-9-19)28(25,26)23-14-12-18(13-15-23)21(24)27-16-4-7-17-5-2-1-3-6-17/h1-11,18H,12-16H2/b7-4+. The molecule has 1 saturated heterocycles. The van der Waals surface area contributed by atoms with Crippen molar-refractivity contribution < 1.29 is 17.9 Å². The number of carbonyl (C=O) groups is 1. The molecule has 0 N–H and O–H groups in total. The van der Waals surface area contributed by atoms with Crippen LogP contribution in [-0.4, -0.2) is 38.4 Å². The maximum atomic E-state index is 12.7. The highest BCUT2D eigenvalue weighted by molar-refractivity contribution is 7.89. The molecule has 1 aliphatic rings. The van der Waals surface area contributed by atoms with Crippen LogP contribution >= 0.6 is 11.6 Å². The number of sulfonamides is 1. The number of piperidine rings is 1. The molecular weight excluding hydrogens is 398 g/mol. The Morgan fingerprint density at radius 3 is 2.36 bits per heavy atom. The molecule has 0 radical (unpaired) electrons. The first-order valence-electron chi connectivity index (χ1n) is 9.11. The fraction of sp³-hybridized carbons (Fsp3) is 0.286. The van der Waals surface area contributed by atoms with E-state index in [0.29, 0.717) is 31.0 Å². The second-order valence-corrected chi connectivity index (χ2v) is 8.95. The number of carbonyl (C=O) groups excluding carboxylic acids is 1. The van der Waals surface area contributed by atoms with Crippen molar-refractivity contribution in [2.45, 2.75) is 17.7 Å². The van der Waals surface area contributed by atoms with Crippen molar-refractivity contribution in [3.8, 4) is 0 Å². The second kappa shape index (κ2) is 9.37. The van der Waals surface area contributed by atoms with E-state index in [1.165, 1.54) is 16.4 Å². The van der Waals surface area contributed by atoms with E-state index in [-0.39, 0.29) is 23.4 Å². The second-order valence-electron chi connectivity index (χ2n) is 6.58. The predicted molar refractivity (Wildman–Crippen MR) is 109 cm³/mol. The molecule has 0 amide bonds. The largest absolute Gasteiger partial charge is 0.461 e. The van der Waals surface area contributed by atoms with Gasteiger partial charge < -0.3 is 4.74 Å². The molecule has 0 atom stereocenters. The van der Waals surface area contributed by atoms with Crippen molar-refractivity contribution in [1.29, 1.82) is 0 Å². The monoisotopic (exact) mass is 419 g/mol. The number of nitrogens with zero attached hydrogens (tertiary/aromatic N) is 1. The molecular formula is C21H22ClNO4S. The van der Waals surface area contributed by atoms with Crippen molar-refractivity contribution in [1.82, 2.24) is 4.31 Å². The normalized spacial score (nSPS) is 16.3. The topological polar surface area (TPSA) is 63.7 Å². The lowest BCUT2D eigenvalue weighted by Crippen LogP contribution is -2.40. The van der Waals surface area contributed by atoms with E-state index >= 15 is 0 Å². The molecule has 148 valence electrons. The zero-order chi connectivity index (χ0) is 20.0. The summed E-state index contributed by atoms with van der Waals surface area (Å²) in [6.45, 7) is 0.798. The van der Waals surface area contributed by atoms with Gasteiger partial charge in [-0.3, -0.25) is 4.79 Å². The van der Waals surface area contributed by atoms with Gasteiger partial charge in [0.05, 0.1) is 10.8 Å². The third-order valence-corrected chi connectivity index (χ3v) is 6.84. The molecule has 0 bridgehead atoms. The third-order valence-electron chi connectivity index (χ3n) is 4.67. The quantitative estimate of drug-likeness (QED) is 0.664. The minimum absolute atomic E-state index is 0.205. The Labute approximate surface area is 170 Å². The Kier molecular flexibility index (Phi) is 6.88. The van der Waals surface area contributed by atoms with E-state index < -0.39 is 10.0 Å². The van der Waals surface area contributed by atoms with Crippen LogP contribution in [0.3, 0.4) is 0 Å². The Bertz CT molecular complexity index is 919. The molecule has 0 spiro atoms. The van der Waals surface area contributed by atoms with Crippen molar-refractivity contribution in [2.24, 2.45) is 5.92 Å². The lowest BCUT2D eigenvalue weighted by atomic mass is 9.98. The van der Waals surface area contributed by atoms with Crippen LogP contribution < -0.4 is 0 Å². The summed E-state index contributed by atoms with van der Waals surface area (Å²) in [5.41, 5.74) is 1.04. The molecule has 0 saturated carbocycles. The zero-order valence-corrected chi connectivity index (χ0v) is 16.9. The van der Waals surface area contributed by atoms with Crippen molar-refractivity contribution in [2.75, 3.05) is 19.7 Å². The molecule has 28 heavy (non-hydrogen) atoms. The van der Waals surface area contributed by atoms with E-state index in [1.807, 2.05) is 36.4 Å². The van der Waals surface area contributed by atoms with Gasteiger partial charge in [-0.15, -0.1) is 0 Å². The smallest absolute Gasteiger partial charge is 0.309 e. The van der Waals surface area contributed by atoms with Gasteiger partial charge in [0.25, 0.3) is 0 Å². The average molecular weight is 420 g/mol. The van der Waals surface area contributed by atoms with Crippen LogP contribution in [0.25, 0.3) is 6.08 Å². The summed E-state index contributed by atoms with van der Waals surface area (Å²) in [7, 11) is -3.57. The number of benzene rings is 2. The maximum absolute atomic E-state index is 12.7. The summed E-state index contributed by atoms with van der Waals surface area (Å²) in [5.74, 6) is -0.553. The van der Waals surface area contributed by atoms with Gasteiger partial charge in [-0.2, -0.15) is 4.31 Å². The minimum Gasteiger partial charge on any atom is -0.461 e. The van der Waals surface area contributed by atoms with Gasteiger partial charge in [0.15, 0.2) is 0 Å². The molecule has 3 rings (SSSR count). The number of rotatable bonds is 6. The summed E-state index contributed by atoms with van der Waals surface area (Å²) >= 11 is 5.82. The van der Waals surface area contributed by atoms with Crippen LogP contribution in [-0.2, 0) is 19.6 Å². The van der Waals surface area contributed by atoms with Gasteiger partial charge in [-0.25, -0.2) is 8.42 Å². The van der Waals surface area contributed by atoms with E-state index in [0.717, 1.165) is 5.56 Å². The minimum atomic E-state index is -3.57. The SMILES string of the molecule is O=C(OC/C=C/c1ccccc1)C1CCN(S(=O)(=O)c2ccc(Cl)cc2)CC1. The molecule has 1 heterocycles. The highest BCUT2D eigenvalue weighted by atomic mass is 35.5. The number of hydrogen-bond donors (Lipinski definition) is 0. The van der Waals surface area contributed by atoms with Crippen LogP contribution in [0.1, 0.15) is 18.4 Å². The summed E-state index contributed by atoms with van der Waals surface area (Å²) in [6, 6.07) is 15.9. The average Bonchev–Trinajstić information content (AvgIpc) is 2.72. The van der Waals surface area contributed by atoms with Gasteiger partial charge in [-0.1, -0.05) is 48.0 Å². The maximum Gasteiger partial charge on any atom is 0.309 e. The molecule has 0 unspecified atom stereocenters. The first-order valence-corrected chi connectivity index (χ1v) is 10.9. The highest BCUT2D eigenvalue weighted by Gasteiger charge is 2.32. The van der Waals surface area contributed by atoms with Gasteiger partial charge in [-0.05, 0) is 48.7 Å². The van der Waals surface area contributed by atoms with Crippen LogP contribution in [0.15, 0.2) is 65.6 Å². The molecule has 2 aromatic carbocycles. The zero-order valence-electron chi connectivity index (χ0n) is 15.3. The first-order chi connectivity index (χ1) is 13.5. The van der Waals surface area contributed by atoms with E-state index in [1.54, 1.807) is 18.2 Å². The lowest BCUT2D eigenvalue weighted by Gasteiger charge is -2.30. The fourth-order valence-corrected chi connectivity index (χ4v) is 4.68. The van der Waals surface area contributed by atoms with Gasteiger partial charge in [0.2, 0.25) is 10.0 Å². The Balaban J connectivity index is 1.48. The molecule has 1 aliphatic heterocycles. The number of ether oxygens (including phenoxy) is 1. The van der Waals surface area contributed by atoms with Crippen molar-refractivity contribution >= 4 is 33.7 Å². The molecule has 5 nitrogen and oxygen atoms in total. The molecule has 2 aromatic rings. The third kappa shape index (κ3) is 5.22. The molecule has 0 aromatic heterocycles. The van der Waals surface area contributed by atoms with Crippen LogP contribution in [0, 0.1) is 5.92 Å². The highest BCUT2D eigenvalue weighted by Crippen LogP contribution is 2.25. The van der Waals surface area contributed by atoms with Crippen LogP contribution in [0.5, 0.6) is 0 Å². The molecule has 7 heteroatoms.